The summed E-state index contributed by atoms with van der Waals surface area (Å²) in [5, 5.41) is 15.4. The van der Waals surface area contributed by atoms with Gasteiger partial charge in [-0.3, -0.25) is 0 Å². The second kappa shape index (κ2) is 7.45. The van der Waals surface area contributed by atoms with E-state index in [-0.39, 0.29) is 0 Å². The molecule has 4 N–H and O–H groups in total. The number of carbonyl (C=O) groups excluding carboxylic acids is 1. The van der Waals surface area contributed by atoms with E-state index < -0.39 is 24.1 Å². The highest BCUT2D eigenvalue weighted by Crippen LogP contribution is 2.40. The molecule has 1 aliphatic heterocycles. The summed E-state index contributed by atoms with van der Waals surface area (Å²) in [4.78, 5) is 16.6. The topological polar surface area (TPSA) is 114 Å². The number of rotatable bonds is 5. The summed E-state index contributed by atoms with van der Waals surface area (Å²) in [5.74, 6) is 1.12. The molecule has 0 spiro atoms. The van der Waals surface area contributed by atoms with Gasteiger partial charge >= 0.3 is 6.03 Å². The number of ether oxygens (including phenoxy) is 2. The zero-order valence-corrected chi connectivity index (χ0v) is 16.4. The highest BCUT2D eigenvalue weighted by atomic mass is 19.1. The summed E-state index contributed by atoms with van der Waals surface area (Å²) in [6.45, 7) is 0.676. The van der Waals surface area contributed by atoms with Gasteiger partial charge < -0.3 is 30.7 Å². The third-order valence-electron chi connectivity index (χ3n) is 4.87. The Hall–Kier alpha value is -3.83. The van der Waals surface area contributed by atoms with Gasteiger partial charge in [0, 0.05) is 31.7 Å². The molecule has 3 aromatic rings. The number of amides is 2. The molecule has 2 aromatic heterocycles. The van der Waals surface area contributed by atoms with E-state index in [0.29, 0.717) is 59.8 Å². The fourth-order valence-electron chi connectivity index (χ4n) is 3.28. The van der Waals surface area contributed by atoms with Crippen LogP contribution in [-0.4, -0.2) is 53.1 Å². The van der Waals surface area contributed by atoms with Gasteiger partial charge in [0.05, 0.1) is 17.9 Å². The summed E-state index contributed by atoms with van der Waals surface area (Å²) in [5.41, 5.74) is 1.01. The van der Waals surface area contributed by atoms with Crippen molar-refractivity contribution in [2.45, 2.75) is 18.6 Å². The second-order valence-electron chi connectivity index (χ2n) is 7.13. The molecule has 31 heavy (non-hydrogen) atoms. The first-order valence-corrected chi connectivity index (χ1v) is 9.66. The number of anilines is 4. The van der Waals surface area contributed by atoms with Gasteiger partial charge in [-0.25, -0.2) is 18.6 Å². The quantitative estimate of drug-likeness (QED) is 0.491. The molecule has 1 aromatic carbocycles. The summed E-state index contributed by atoms with van der Waals surface area (Å²) in [6.07, 6.45) is 0.734. The number of carbonyl (C=O) groups is 1. The molecule has 0 saturated heterocycles. The fraction of sp³-hybridized carbons (Fsp3) is 0.316. The second-order valence-corrected chi connectivity index (χ2v) is 7.13. The SMILES string of the molecule is CNc1cc(Nc2cc(F)cc3c2OCCO3)nc2c(NC(=O)N[C@H]3C[C@@H]3F)cnn12. The molecule has 0 unspecified atom stereocenters. The molecular formula is C19H19F2N7O3. The third-order valence-corrected chi connectivity index (χ3v) is 4.87. The number of nitrogens with zero attached hydrogens (tertiary/aromatic N) is 3. The van der Waals surface area contributed by atoms with E-state index in [4.69, 9.17) is 9.47 Å². The lowest BCUT2D eigenvalue weighted by atomic mass is 10.2. The fourth-order valence-corrected chi connectivity index (χ4v) is 3.28. The van der Waals surface area contributed by atoms with Gasteiger partial charge in [-0.2, -0.15) is 9.61 Å². The van der Waals surface area contributed by atoms with Gasteiger partial charge in [-0.1, -0.05) is 0 Å². The zero-order chi connectivity index (χ0) is 21.5. The van der Waals surface area contributed by atoms with Gasteiger partial charge in [-0.15, -0.1) is 0 Å². The van der Waals surface area contributed by atoms with E-state index in [1.54, 1.807) is 13.1 Å². The molecule has 1 saturated carbocycles. The zero-order valence-electron chi connectivity index (χ0n) is 16.4. The normalized spacial score (nSPS) is 19.1. The van der Waals surface area contributed by atoms with Crippen LogP contribution in [-0.2, 0) is 0 Å². The first-order valence-electron chi connectivity index (χ1n) is 9.66. The Bertz CT molecular complexity index is 1170. The van der Waals surface area contributed by atoms with E-state index >= 15 is 0 Å². The van der Waals surface area contributed by atoms with Crippen LogP contribution in [0, 0.1) is 5.82 Å². The maximum absolute atomic E-state index is 14.0. The largest absolute Gasteiger partial charge is 0.486 e. The van der Waals surface area contributed by atoms with Crippen LogP contribution in [0.5, 0.6) is 11.5 Å². The Morgan fingerprint density at radius 1 is 1.23 bits per heavy atom. The lowest BCUT2D eigenvalue weighted by Crippen LogP contribution is -2.31. The molecule has 162 valence electrons. The molecular weight excluding hydrogens is 412 g/mol. The first kappa shape index (κ1) is 19.2. The molecule has 2 atom stereocenters. The van der Waals surface area contributed by atoms with Gasteiger partial charge in [0.15, 0.2) is 17.1 Å². The Morgan fingerprint density at radius 3 is 2.81 bits per heavy atom. The third kappa shape index (κ3) is 3.71. The molecule has 12 heteroatoms. The van der Waals surface area contributed by atoms with Crippen LogP contribution in [0.25, 0.3) is 5.65 Å². The number of urea groups is 1. The number of hydrogen-bond acceptors (Lipinski definition) is 7. The van der Waals surface area contributed by atoms with Crippen LogP contribution in [0.3, 0.4) is 0 Å². The smallest absolute Gasteiger partial charge is 0.319 e. The van der Waals surface area contributed by atoms with Crippen LogP contribution in [0.2, 0.25) is 0 Å². The van der Waals surface area contributed by atoms with Crippen LogP contribution >= 0.6 is 0 Å². The molecule has 0 bridgehead atoms. The van der Waals surface area contributed by atoms with Crippen molar-refractivity contribution in [1.82, 2.24) is 19.9 Å². The predicted molar refractivity (Wildman–Crippen MR) is 109 cm³/mol. The van der Waals surface area contributed by atoms with E-state index in [9.17, 15) is 13.6 Å². The Balaban J connectivity index is 1.47. The van der Waals surface area contributed by atoms with E-state index in [0.717, 1.165) is 0 Å². The average molecular weight is 431 g/mol. The van der Waals surface area contributed by atoms with Gasteiger partial charge in [0.2, 0.25) is 0 Å². The maximum Gasteiger partial charge on any atom is 0.319 e. The van der Waals surface area contributed by atoms with Gasteiger partial charge in [0.25, 0.3) is 0 Å². The van der Waals surface area contributed by atoms with E-state index in [1.165, 1.54) is 22.8 Å². The van der Waals surface area contributed by atoms with Crippen LogP contribution in [0.1, 0.15) is 6.42 Å². The van der Waals surface area contributed by atoms with Gasteiger partial charge in [-0.05, 0) is 0 Å². The maximum atomic E-state index is 14.0. The van der Waals surface area contributed by atoms with Crippen LogP contribution in [0.15, 0.2) is 24.4 Å². The minimum absolute atomic E-state index is 0.304. The molecule has 1 aliphatic carbocycles. The standard InChI is InChI=1S/C19H19F2N7O3/c1-22-16-7-15(24-12-4-9(20)5-14-17(12)31-3-2-30-14)27-18-13(8-23-28(16)18)26-19(29)25-11-6-10(11)21/h4-5,7-8,10-11,22H,2-3,6H2,1H3,(H,24,27)(H2,25,26,29)/t10-,11-/m0/s1. The van der Waals surface area contributed by atoms with Crippen molar-refractivity contribution in [3.63, 3.8) is 0 Å². The van der Waals surface area contributed by atoms with Gasteiger partial charge in [0.1, 0.15) is 42.5 Å². The Kier molecular flexibility index (Phi) is 4.60. The highest BCUT2D eigenvalue weighted by molar-refractivity contribution is 5.93. The number of hydrogen-bond donors (Lipinski definition) is 4. The summed E-state index contributed by atoms with van der Waals surface area (Å²) in [6, 6.07) is 3.19. The molecule has 5 rings (SSSR count). The lowest BCUT2D eigenvalue weighted by molar-refractivity contribution is 0.172. The monoisotopic (exact) mass is 431 g/mol. The lowest BCUT2D eigenvalue weighted by Gasteiger charge is -2.21. The van der Waals surface area contributed by atoms with Crippen molar-refractivity contribution >= 4 is 34.7 Å². The minimum Gasteiger partial charge on any atom is -0.486 e. The molecule has 2 aliphatic rings. The predicted octanol–water partition coefficient (Wildman–Crippen LogP) is 2.66. The number of alkyl halides is 1. The van der Waals surface area contributed by atoms with Crippen molar-refractivity contribution in [3.05, 3.63) is 30.2 Å². The Morgan fingerprint density at radius 2 is 2.03 bits per heavy atom. The average Bonchev–Trinajstić information content (AvgIpc) is 3.29. The number of benzene rings is 1. The van der Waals surface area contributed by atoms with E-state index in [2.05, 4.69) is 31.3 Å². The Labute approximate surface area is 174 Å². The van der Waals surface area contributed by atoms with Crippen molar-refractivity contribution < 1.29 is 23.0 Å². The minimum atomic E-state index is -1.01. The molecule has 0 radical (unpaired) electrons. The molecule has 2 amide bonds. The molecule has 10 nitrogen and oxygen atoms in total. The van der Waals surface area contributed by atoms with Crippen molar-refractivity contribution in [2.24, 2.45) is 0 Å². The van der Waals surface area contributed by atoms with Crippen molar-refractivity contribution in [3.8, 4) is 11.5 Å². The summed E-state index contributed by atoms with van der Waals surface area (Å²) < 4.78 is 39.7. The van der Waals surface area contributed by atoms with Crippen LogP contribution < -0.4 is 30.7 Å². The first-order chi connectivity index (χ1) is 15.0. The summed E-state index contributed by atoms with van der Waals surface area (Å²) >= 11 is 0. The number of fused-ring (bicyclic) bond motifs is 2. The van der Waals surface area contributed by atoms with E-state index in [1.807, 2.05) is 0 Å². The van der Waals surface area contributed by atoms with Crippen LogP contribution in [0.4, 0.5) is 36.6 Å². The number of aromatic nitrogens is 3. The van der Waals surface area contributed by atoms with Crippen molar-refractivity contribution in [1.29, 1.82) is 0 Å². The molecule has 1 fully saturated rings. The summed E-state index contributed by atoms with van der Waals surface area (Å²) in [7, 11) is 1.70. The van der Waals surface area contributed by atoms with Crippen molar-refractivity contribution in [2.75, 3.05) is 36.2 Å². The number of nitrogens with one attached hydrogen (secondary N) is 4. The highest BCUT2D eigenvalue weighted by Gasteiger charge is 2.38. The molecule has 3 heterocycles. The number of halogens is 2.